The predicted octanol–water partition coefficient (Wildman–Crippen LogP) is 3.14. The van der Waals surface area contributed by atoms with Gasteiger partial charge in [0.05, 0.1) is 18.4 Å². The second-order valence-corrected chi connectivity index (χ2v) is 5.76. The van der Waals surface area contributed by atoms with Crippen LogP contribution in [0.5, 0.6) is 0 Å². The number of hydroxylamine groups is 2. The first-order chi connectivity index (χ1) is 13.2. The number of carbonyl (C=O) groups is 2. The summed E-state index contributed by atoms with van der Waals surface area (Å²) in [5, 5.41) is 2.81. The molecule has 3 aromatic rings. The Hall–Kier alpha value is -3.40. The molecular weight excluding hydrogens is 377 g/mol. The van der Waals surface area contributed by atoms with E-state index in [9.17, 15) is 22.8 Å². The molecule has 0 saturated heterocycles. The van der Waals surface area contributed by atoms with Crippen molar-refractivity contribution in [3.05, 3.63) is 54.2 Å². The minimum atomic E-state index is -5.06. The number of anilines is 1. The lowest BCUT2D eigenvalue weighted by molar-refractivity contribution is -0.167. The number of halogens is 3. The molecular formula is C18H15F3N4O3. The normalized spacial score (nSPS) is 11.5. The SMILES string of the molecule is CON(C)C(=O)c1ccc2nc(NC(=O)C(F)(F)F)c(-c3ccccc3)n2c1. The van der Waals surface area contributed by atoms with Crippen LogP contribution >= 0.6 is 0 Å². The lowest BCUT2D eigenvalue weighted by Crippen LogP contribution is -2.30. The lowest BCUT2D eigenvalue weighted by atomic mass is 10.1. The van der Waals surface area contributed by atoms with E-state index in [-0.39, 0.29) is 22.7 Å². The van der Waals surface area contributed by atoms with Crippen LogP contribution in [0.3, 0.4) is 0 Å². The van der Waals surface area contributed by atoms with E-state index in [0.29, 0.717) is 5.56 Å². The van der Waals surface area contributed by atoms with E-state index in [1.807, 2.05) is 0 Å². The van der Waals surface area contributed by atoms with Gasteiger partial charge in [-0.15, -0.1) is 0 Å². The second kappa shape index (κ2) is 7.31. The average Bonchev–Trinajstić information content (AvgIpc) is 3.03. The molecule has 0 radical (unpaired) electrons. The number of pyridine rings is 1. The predicted molar refractivity (Wildman–Crippen MR) is 94.4 cm³/mol. The summed E-state index contributed by atoms with van der Waals surface area (Å²) in [5.41, 5.74) is 1.20. The molecule has 0 aliphatic heterocycles. The summed E-state index contributed by atoms with van der Waals surface area (Å²) in [7, 11) is 2.75. The number of benzene rings is 1. The highest BCUT2D eigenvalue weighted by molar-refractivity contribution is 5.98. The molecule has 0 spiro atoms. The molecule has 0 fully saturated rings. The van der Waals surface area contributed by atoms with Crippen molar-refractivity contribution >= 4 is 23.3 Å². The summed E-state index contributed by atoms with van der Waals surface area (Å²) in [4.78, 5) is 32.7. The topological polar surface area (TPSA) is 75.9 Å². The van der Waals surface area contributed by atoms with Crippen LogP contribution < -0.4 is 5.32 Å². The molecule has 0 atom stereocenters. The van der Waals surface area contributed by atoms with Gasteiger partial charge in [-0.25, -0.2) is 10.0 Å². The van der Waals surface area contributed by atoms with Crippen molar-refractivity contribution in [1.29, 1.82) is 0 Å². The first-order valence-corrected chi connectivity index (χ1v) is 8.00. The smallest absolute Gasteiger partial charge is 0.301 e. The van der Waals surface area contributed by atoms with Crippen LogP contribution in [0.1, 0.15) is 10.4 Å². The average molecular weight is 392 g/mol. The number of amides is 2. The number of hydrogen-bond donors (Lipinski definition) is 1. The highest BCUT2D eigenvalue weighted by atomic mass is 19.4. The maximum absolute atomic E-state index is 12.7. The number of nitrogens with one attached hydrogen (secondary N) is 1. The van der Waals surface area contributed by atoms with Crippen LogP contribution in [0.15, 0.2) is 48.7 Å². The van der Waals surface area contributed by atoms with E-state index in [4.69, 9.17) is 4.84 Å². The van der Waals surface area contributed by atoms with E-state index < -0.39 is 18.0 Å². The number of nitrogens with zero attached hydrogens (tertiary/aromatic N) is 3. The van der Waals surface area contributed by atoms with Gasteiger partial charge < -0.3 is 5.32 Å². The Morgan fingerprint density at radius 2 is 1.82 bits per heavy atom. The number of rotatable bonds is 4. The van der Waals surface area contributed by atoms with E-state index >= 15 is 0 Å². The standard InChI is InChI=1S/C18H15F3N4O3/c1-24(28-2)16(26)12-8-9-13-22-15(23-17(27)18(19,20)21)14(25(13)10-12)11-6-4-3-5-7-11/h3-10H,1-2H3,(H,23,27). The van der Waals surface area contributed by atoms with Crippen molar-refractivity contribution in [3.8, 4) is 11.3 Å². The Labute approximate surface area is 157 Å². The molecule has 3 rings (SSSR count). The Morgan fingerprint density at radius 1 is 1.14 bits per heavy atom. The van der Waals surface area contributed by atoms with Crippen LogP contribution in [-0.4, -0.2) is 46.6 Å². The number of alkyl halides is 3. The van der Waals surface area contributed by atoms with Crippen molar-refractivity contribution in [3.63, 3.8) is 0 Å². The summed E-state index contributed by atoms with van der Waals surface area (Å²) >= 11 is 0. The molecule has 10 heteroatoms. The fourth-order valence-corrected chi connectivity index (χ4v) is 2.57. The molecule has 1 aromatic carbocycles. The Balaban J connectivity index is 2.18. The highest BCUT2D eigenvalue weighted by Gasteiger charge is 2.39. The Morgan fingerprint density at radius 3 is 2.43 bits per heavy atom. The molecule has 2 aromatic heterocycles. The van der Waals surface area contributed by atoms with Gasteiger partial charge in [0.1, 0.15) is 5.65 Å². The van der Waals surface area contributed by atoms with Crippen molar-refractivity contribution < 1.29 is 27.6 Å². The zero-order chi connectivity index (χ0) is 20.5. The molecule has 7 nitrogen and oxygen atoms in total. The summed E-state index contributed by atoms with van der Waals surface area (Å²) in [6, 6.07) is 11.4. The molecule has 146 valence electrons. The van der Waals surface area contributed by atoms with Gasteiger partial charge in [0, 0.05) is 18.8 Å². The van der Waals surface area contributed by atoms with Gasteiger partial charge in [0.15, 0.2) is 5.82 Å². The van der Waals surface area contributed by atoms with Crippen molar-refractivity contribution in [1.82, 2.24) is 14.4 Å². The Bertz CT molecular complexity index is 1030. The molecule has 0 unspecified atom stereocenters. The number of fused-ring (bicyclic) bond motifs is 1. The van der Waals surface area contributed by atoms with Crippen molar-refractivity contribution in [2.24, 2.45) is 0 Å². The number of hydrogen-bond acceptors (Lipinski definition) is 4. The van der Waals surface area contributed by atoms with E-state index in [1.165, 1.54) is 36.9 Å². The Kier molecular flexibility index (Phi) is 5.06. The summed E-state index contributed by atoms with van der Waals surface area (Å²) in [5.74, 6) is -2.86. The summed E-state index contributed by atoms with van der Waals surface area (Å²) in [6.45, 7) is 0. The number of carbonyl (C=O) groups excluding carboxylic acids is 2. The molecule has 0 aliphatic carbocycles. The van der Waals surface area contributed by atoms with Gasteiger partial charge >= 0.3 is 12.1 Å². The van der Waals surface area contributed by atoms with Crippen LogP contribution in [0, 0.1) is 0 Å². The maximum atomic E-state index is 12.7. The third-order valence-corrected chi connectivity index (χ3v) is 3.96. The van der Waals surface area contributed by atoms with Crippen LogP contribution in [0.25, 0.3) is 16.9 Å². The van der Waals surface area contributed by atoms with E-state index in [1.54, 1.807) is 35.6 Å². The third-order valence-electron chi connectivity index (χ3n) is 3.96. The molecule has 28 heavy (non-hydrogen) atoms. The monoisotopic (exact) mass is 392 g/mol. The fourth-order valence-electron chi connectivity index (χ4n) is 2.57. The first kappa shape index (κ1) is 19.4. The van der Waals surface area contributed by atoms with Crippen LogP contribution in [0.2, 0.25) is 0 Å². The molecule has 2 amide bonds. The fraction of sp³-hybridized carbons (Fsp3) is 0.167. The second-order valence-electron chi connectivity index (χ2n) is 5.76. The number of imidazole rings is 1. The minimum absolute atomic E-state index is 0.211. The van der Waals surface area contributed by atoms with E-state index in [2.05, 4.69) is 4.98 Å². The van der Waals surface area contributed by atoms with Gasteiger partial charge in [-0.2, -0.15) is 13.2 Å². The zero-order valence-corrected chi connectivity index (χ0v) is 14.8. The lowest BCUT2D eigenvalue weighted by Gasteiger charge is -2.14. The molecule has 0 saturated carbocycles. The zero-order valence-electron chi connectivity index (χ0n) is 14.8. The molecule has 0 aliphatic rings. The third kappa shape index (κ3) is 3.67. The van der Waals surface area contributed by atoms with E-state index in [0.717, 1.165) is 5.06 Å². The van der Waals surface area contributed by atoms with Crippen molar-refractivity contribution in [2.75, 3.05) is 19.5 Å². The van der Waals surface area contributed by atoms with Crippen LogP contribution in [0.4, 0.5) is 19.0 Å². The molecule has 1 N–H and O–H groups in total. The maximum Gasteiger partial charge on any atom is 0.471 e. The molecule has 2 heterocycles. The van der Waals surface area contributed by atoms with Gasteiger partial charge in [-0.05, 0) is 12.1 Å². The number of aromatic nitrogens is 2. The van der Waals surface area contributed by atoms with Gasteiger partial charge in [0.25, 0.3) is 5.91 Å². The summed E-state index contributed by atoms with van der Waals surface area (Å²) in [6.07, 6.45) is -3.64. The van der Waals surface area contributed by atoms with Gasteiger partial charge in [0.2, 0.25) is 0 Å². The van der Waals surface area contributed by atoms with Crippen LogP contribution in [-0.2, 0) is 9.63 Å². The first-order valence-electron chi connectivity index (χ1n) is 8.00. The largest absolute Gasteiger partial charge is 0.471 e. The summed E-state index contributed by atoms with van der Waals surface area (Å²) < 4.78 is 39.6. The van der Waals surface area contributed by atoms with Gasteiger partial charge in [-0.1, -0.05) is 30.3 Å². The quantitative estimate of drug-likeness (QED) is 0.693. The van der Waals surface area contributed by atoms with Crippen molar-refractivity contribution in [2.45, 2.75) is 6.18 Å². The van der Waals surface area contributed by atoms with Gasteiger partial charge in [-0.3, -0.25) is 18.8 Å². The minimum Gasteiger partial charge on any atom is -0.301 e. The molecule has 0 bridgehead atoms. The highest BCUT2D eigenvalue weighted by Crippen LogP contribution is 2.30.